The highest BCUT2D eigenvalue weighted by Crippen LogP contribution is 2.15. The zero-order valence-corrected chi connectivity index (χ0v) is 15.1. The van der Waals surface area contributed by atoms with Gasteiger partial charge in [-0.2, -0.15) is 0 Å². The zero-order valence-electron chi connectivity index (χ0n) is 15.1. The molecule has 0 saturated heterocycles. The fourth-order valence-corrected chi connectivity index (χ4v) is 2.38. The van der Waals surface area contributed by atoms with Gasteiger partial charge in [-0.25, -0.2) is 4.79 Å². The van der Waals surface area contributed by atoms with E-state index in [9.17, 15) is 9.59 Å². The summed E-state index contributed by atoms with van der Waals surface area (Å²) in [6, 6.07) is 10.1. The first-order valence-electron chi connectivity index (χ1n) is 8.51. The van der Waals surface area contributed by atoms with Gasteiger partial charge in [0.15, 0.2) is 0 Å². The lowest BCUT2D eigenvalue weighted by molar-refractivity contribution is -0.143. The molecule has 2 rings (SSSR count). The summed E-state index contributed by atoms with van der Waals surface area (Å²) in [5.41, 5.74) is 0.594. The minimum atomic E-state index is -0.515. The maximum absolute atomic E-state index is 11.8. The molecule has 1 N–H and O–H groups in total. The Hall–Kier alpha value is -2.50. The van der Waals surface area contributed by atoms with Crippen molar-refractivity contribution in [2.75, 3.05) is 13.2 Å². The molecule has 6 nitrogen and oxygen atoms in total. The Bertz CT molecular complexity index is 716. The van der Waals surface area contributed by atoms with Gasteiger partial charge in [0.1, 0.15) is 5.60 Å². The van der Waals surface area contributed by atoms with Gasteiger partial charge in [-0.05, 0) is 44.7 Å². The van der Waals surface area contributed by atoms with Crippen LogP contribution in [0.3, 0.4) is 0 Å². The van der Waals surface area contributed by atoms with Gasteiger partial charge in [-0.1, -0.05) is 18.2 Å². The van der Waals surface area contributed by atoms with Crippen molar-refractivity contribution < 1.29 is 19.1 Å². The third-order valence-electron chi connectivity index (χ3n) is 3.49. The average molecular weight is 346 g/mol. The first-order valence-corrected chi connectivity index (χ1v) is 8.51. The molecule has 136 valence electrons. The minimum Gasteiger partial charge on any atom is -0.466 e. The molecule has 25 heavy (non-hydrogen) atoms. The molecule has 1 aromatic heterocycles. The maximum atomic E-state index is 11.8. The number of ether oxygens (including phenoxy) is 2. The summed E-state index contributed by atoms with van der Waals surface area (Å²) in [6.45, 7) is 6.70. The van der Waals surface area contributed by atoms with Gasteiger partial charge in [0.05, 0.1) is 13.0 Å². The Kier molecular flexibility index (Phi) is 6.44. The first kappa shape index (κ1) is 18.8. The number of carbonyl (C=O) groups is 2. The van der Waals surface area contributed by atoms with E-state index < -0.39 is 11.7 Å². The highest BCUT2D eigenvalue weighted by molar-refractivity contribution is 5.80. The molecule has 0 aliphatic carbocycles. The summed E-state index contributed by atoms with van der Waals surface area (Å²) in [4.78, 5) is 23.3. The van der Waals surface area contributed by atoms with Gasteiger partial charge in [0, 0.05) is 24.8 Å². The normalized spacial score (nSPS) is 11.3. The quantitative estimate of drug-likeness (QED) is 0.615. The Labute approximate surface area is 148 Å². The number of carbonyl (C=O) groups excluding carboxylic acids is 2. The van der Waals surface area contributed by atoms with E-state index in [1.54, 1.807) is 0 Å². The molecule has 0 unspecified atom stereocenters. The number of rotatable bonds is 7. The summed E-state index contributed by atoms with van der Waals surface area (Å²) in [5, 5.41) is 3.79. The van der Waals surface area contributed by atoms with Crippen LogP contribution in [0.15, 0.2) is 36.5 Å². The summed E-state index contributed by atoms with van der Waals surface area (Å²) < 4.78 is 12.4. The van der Waals surface area contributed by atoms with Gasteiger partial charge in [-0.3, -0.25) is 4.79 Å². The average Bonchev–Trinajstić information content (AvgIpc) is 2.94. The van der Waals surface area contributed by atoms with Crippen molar-refractivity contribution in [3.8, 4) is 0 Å². The van der Waals surface area contributed by atoms with Gasteiger partial charge in [0.2, 0.25) is 0 Å². The van der Waals surface area contributed by atoms with E-state index >= 15 is 0 Å². The third-order valence-corrected chi connectivity index (χ3v) is 3.49. The lowest BCUT2D eigenvalue weighted by Gasteiger charge is -2.19. The predicted molar refractivity (Wildman–Crippen MR) is 96.4 cm³/mol. The molecule has 0 spiro atoms. The summed E-state index contributed by atoms with van der Waals surface area (Å²) in [6.07, 6.45) is 2.39. The molecule has 1 heterocycles. The van der Waals surface area contributed by atoms with E-state index in [-0.39, 0.29) is 12.6 Å². The molecule has 0 aliphatic heterocycles. The maximum Gasteiger partial charge on any atom is 0.407 e. The van der Waals surface area contributed by atoms with Gasteiger partial charge in [0.25, 0.3) is 0 Å². The Morgan fingerprint density at radius 2 is 1.92 bits per heavy atom. The van der Waals surface area contributed by atoms with Crippen LogP contribution in [0.2, 0.25) is 0 Å². The van der Waals surface area contributed by atoms with Crippen molar-refractivity contribution >= 4 is 23.0 Å². The predicted octanol–water partition coefficient (Wildman–Crippen LogP) is 3.49. The van der Waals surface area contributed by atoms with Gasteiger partial charge in [-0.15, -0.1) is 0 Å². The van der Waals surface area contributed by atoms with Crippen LogP contribution in [0.4, 0.5) is 4.79 Å². The van der Waals surface area contributed by atoms with E-state index in [0.29, 0.717) is 25.9 Å². The second-order valence-corrected chi connectivity index (χ2v) is 6.82. The van der Waals surface area contributed by atoms with Crippen LogP contribution in [0, 0.1) is 0 Å². The van der Waals surface area contributed by atoms with Crippen LogP contribution in [-0.4, -0.2) is 35.4 Å². The molecular weight excluding hydrogens is 320 g/mol. The summed E-state index contributed by atoms with van der Waals surface area (Å²) in [7, 11) is 0. The summed E-state index contributed by atoms with van der Waals surface area (Å²) in [5.74, 6) is -0.241. The largest absolute Gasteiger partial charge is 0.466 e. The molecule has 1 amide bonds. The first-order chi connectivity index (χ1) is 11.8. The Morgan fingerprint density at radius 3 is 2.68 bits per heavy atom. The van der Waals surface area contributed by atoms with Gasteiger partial charge >= 0.3 is 12.1 Å². The van der Waals surface area contributed by atoms with Crippen molar-refractivity contribution in [2.45, 2.75) is 45.8 Å². The second kappa shape index (κ2) is 8.55. The number of esters is 1. The lowest BCUT2D eigenvalue weighted by atomic mass is 10.2. The van der Waals surface area contributed by atoms with E-state index in [0.717, 1.165) is 10.9 Å². The number of hydrogen-bond donors (Lipinski definition) is 1. The number of para-hydroxylation sites is 1. The standard InChI is InChI=1S/C19H26N2O4/c1-19(2,3)25-18(23)20-11-6-14-24-17(22)10-13-21-12-9-15-7-4-5-8-16(15)21/h4-5,7-9,12H,6,10-11,13-14H2,1-3H3,(H,20,23). The van der Waals surface area contributed by atoms with Crippen molar-refractivity contribution in [1.29, 1.82) is 0 Å². The molecule has 1 aromatic carbocycles. The molecule has 0 atom stereocenters. The fourth-order valence-electron chi connectivity index (χ4n) is 2.38. The number of alkyl carbamates (subject to hydrolysis) is 1. The number of benzene rings is 1. The topological polar surface area (TPSA) is 69.6 Å². The smallest absolute Gasteiger partial charge is 0.407 e. The number of nitrogens with zero attached hydrogens (tertiary/aromatic N) is 1. The van der Waals surface area contributed by atoms with Crippen LogP contribution in [-0.2, 0) is 20.8 Å². The van der Waals surface area contributed by atoms with E-state index in [2.05, 4.69) is 5.32 Å². The molecule has 0 bridgehead atoms. The zero-order chi connectivity index (χ0) is 18.3. The van der Waals surface area contributed by atoms with E-state index in [1.165, 1.54) is 0 Å². The molecular formula is C19H26N2O4. The number of nitrogens with one attached hydrogen (secondary N) is 1. The third kappa shape index (κ3) is 6.49. The molecule has 0 saturated carbocycles. The highest BCUT2D eigenvalue weighted by atomic mass is 16.6. The van der Waals surface area contributed by atoms with Crippen molar-refractivity contribution in [3.63, 3.8) is 0 Å². The monoisotopic (exact) mass is 346 g/mol. The van der Waals surface area contributed by atoms with Crippen LogP contribution >= 0.6 is 0 Å². The van der Waals surface area contributed by atoms with Crippen LogP contribution in [0.25, 0.3) is 10.9 Å². The minimum absolute atomic E-state index is 0.241. The fraction of sp³-hybridized carbons (Fsp3) is 0.474. The number of aryl methyl sites for hydroxylation is 1. The van der Waals surface area contributed by atoms with E-state index in [1.807, 2.05) is 61.9 Å². The number of hydrogen-bond acceptors (Lipinski definition) is 4. The Morgan fingerprint density at radius 1 is 1.16 bits per heavy atom. The highest BCUT2D eigenvalue weighted by Gasteiger charge is 2.15. The summed E-state index contributed by atoms with van der Waals surface area (Å²) >= 11 is 0. The molecule has 6 heteroatoms. The number of aromatic nitrogens is 1. The lowest BCUT2D eigenvalue weighted by Crippen LogP contribution is -2.33. The molecule has 0 radical (unpaired) electrons. The number of amides is 1. The van der Waals surface area contributed by atoms with Gasteiger partial charge < -0.3 is 19.4 Å². The molecule has 0 aliphatic rings. The second-order valence-electron chi connectivity index (χ2n) is 6.82. The van der Waals surface area contributed by atoms with Crippen LogP contribution in [0.1, 0.15) is 33.6 Å². The van der Waals surface area contributed by atoms with E-state index in [4.69, 9.17) is 9.47 Å². The van der Waals surface area contributed by atoms with Crippen LogP contribution in [0.5, 0.6) is 0 Å². The molecule has 2 aromatic rings. The number of fused-ring (bicyclic) bond motifs is 1. The van der Waals surface area contributed by atoms with Crippen LogP contribution < -0.4 is 5.32 Å². The SMILES string of the molecule is CC(C)(C)OC(=O)NCCCOC(=O)CCn1ccc2ccccc21. The van der Waals surface area contributed by atoms with Crippen molar-refractivity contribution in [2.24, 2.45) is 0 Å². The molecule has 0 fully saturated rings. The van der Waals surface area contributed by atoms with Crippen molar-refractivity contribution in [1.82, 2.24) is 9.88 Å². The van der Waals surface area contributed by atoms with Crippen molar-refractivity contribution in [3.05, 3.63) is 36.5 Å². The Balaban J connectivity index is 1.61.